The molecule has 15 heavy (non-hydrogen) atoms. The predicted octanol–water partition coefficient (Wildman–Crippen LogP) is 1.20. The number of morpholine rings is 1. The Morgan fingerprint density at radius 2 is 2.13 bits per heavy atom. The van der Waals surface area contributed by atoms with Crippen molar-refractivity contribution in [1.82, 2.24) is 4.90 Å². The lowest BCUT2D eigenvalue weighted by Crippen LogP contribution is -2.43. The van der Waals surface area contributed by atoms with Gasteiger partial charge in [-0.05, 0) is 19.4 Å². The summed E-state index contributed by atoms with van der Waals surface area (Å²) in [5.41, 5.74) is 1.06. The van der Waals surface area contributed by atoms with E-state index < -0.39 is 0 Å². The van der Waals surface area contributed by atoms with Crippen LogP contribution in [0.15, 0.2) is 23.8 Å². The third kappa shape index (κ3) is 3.78. The summed E-state index contributed by atoms with van der Waals surface area (Å²) in [4.78, 5) is 2.34. The standard InChI is InChI=1S/C12H21NO2/c1-3-4-5-12(10-14)11(2)13-6-8-15-9-7-13/h3-5,11,14H,6-10H2,1-2H3/b4-3-,12-5-. The van der Waals surface area contributed by atoms with Gasteiger partial charge in [0.15, 0.2) is 0 Å². The van der Waals surface area contributed by atoms with Crippen LogP contribution in [0, 0.1) is 0 Å². The van der Waals surface area contributed by atoms with Crippen LogP contribution in [0.3, 0.4) is 0 Å². The quantitative estimate of drug-likeness (QED) is 0.709. The van der Waals surface area contributed by atoms with Crippen LogP contribution in [0.25, 0.3) is 0 Å². The molecule has 0 bridgehead atoms. The normalized spacial score (nSPS) is 22.2. The van der Waals surface area contributed by atoms with Gasteiger partial charge in [-0.1, -0.05) is 18.2 Å². The fourth-order valence-electron chi connectivity index (χ4n) is 1.74. The van der Waals surface area contributed by atoms with E-state index in [0.29, 0.717) is 6.04 Å². The van der Waals surface area contributed by atoms with E-state index in [0.717, 1.165) is 31.9 Å². The van der Waals surface area contributed by atoms with Gasteiger partial charge >= 0.3 is 0 Å². The summed E-state index contributed by atoms with van der Waals surface area (Å²) in [6, 6.07) is 0.301. The lowest BCUT2D eigenvalue weighted by Gasteiger charge is -2.33. The molecule has 1 heterocycles. The van der Waals surface area contributed by atoms with E-state index in [1.54, 1.807) is 0 Å². The molecule has 0 spiro atoms. The highest BCUT2D eigenvalue weighted by molar-refractivity contribution is 5.17. The number of hydrogen-bond acceptors (Lipinski definition) is 3. The van der Waals surface area contributed by atoms with Crippen molar-refractivity contribution >= 4 is 0 Å². The smallest absolute Gasteiger partial charge is 0.0659 e. The predicted molar refractivity (Wildman–Crippen MR) is 61.8 cm³/mol. The zero-order valence-electron chi connectivity index (χ0n) is 9.65. The maximum Gasteiger partial charge on any atom is 0.0659 e. The summed E-state index contributed by atoms with van der Waals surface area (Å²) in [6.45, 7) is 7.74. The second-order valence-electron chi connectivity index (χ2n) is 3.75. The molecule has 0 saturated carbocycles. The largest absolute Gasteiger partial charge is 0.392 e. The number of ether oxygens (including phenoxy) is 1. The molecule has 0 aromatic carbocycles. The van der Waals surface area contributed by atoms with E-state index >= 15 is 0 Å². The molecule has 3 nitrogen and oxygen atoms in total. The van der Waals surface area contributed by atoms with Crippen LogP contribution in [0.2, 0.25) is 0 Å². The number of aliphatic hydroxyl groups excluding tert-OH is 1. The van der Waals surface area contributed by atoms with Crippen molar-refractivity contribution < 1.29 is 9.84 Å². The first-order valence-electron chi connectivity index (χ1n) is 5.54. The van der Waals surface area contributed by atoms with Gasteiger partial charge in [-0.3, -0.25) is 4.90 Å². The van der Waals surface area contributed by atoms with Gasteiger partial charge in [-0.25, -0.2) is 0 Å². The van der Waals surface area contributed by atoms with Gasteiger partial charge in [0.1, 0.15) is 0 Å². The van der Waals surface area contributed by atoms with Crippen LogP contribution < -0.4 is 0 Å². The summed E-state index contributed by atoms with van der Waals surface area (Å²) < 4.78 is 5.31. The van der Waals surface area contributed by atoms with Crippen molar-refractivity contribution in [3.05, 3.63) is 23.8 Å². The van der Waals surface area contributed by atoms with E-state index in [-0.39, 0.29) is 6.61 Å². The molecule has 1 aliphatic rings. The van der Waals surface area contributed by atoms with Crippen molar-refractivity contribution in [2.45, 2.75) is 19.9 Å². The average Bonchev–Trinajstić information content (AvgIpc) is 2.31. The summed E-state index contributed by atoms with van der Waals surface area (Å²) in [6.07, 6.45) is 5.95. The first-order chi connectivity index (χ1) is 7.29. The molecule has 1 N–H and O–H groups in total. The molecule has 3 heteroatoms. The van der Waals surface area contributed by atoms with E-state index in [1.807, 2.05) is 25.2 Å². The van der Waals surface area contributed by atoms with Crippen LogP contribution in [-0.2, 0) is 4.74 Å². The van der Waals surface area contributed by atoms with Crippen LogP contribution >= 0.6 is 0 Å². The Bertz CT molecular complexity index is 230. The highest BCUT2D eigenvalue weighted by atomic mass is 16.5. The molecule has 1 rings (SSSR count). The number of nitrogens with zero attached hydrogens (tertiary/aromatic N) is 1. The van der Waals surface area contributed by atoms with Crippen LogP contribution in [0.1, 0.15) is 13.8 Å². The van der Waals surface area contributed by atoms with Gasteiger partial charge in [-0.2, -0.15) is 0 Å². The van der Waals surface area contributed by atoms with Gasteiger partial charge in [0.2, 0.25) is 0 Å². The Morgan fingerprint density at radius 3 is 2.67 bits per heavy atom. The first kappa shape index (κ1) is 12.4. The molecule has 1 unspecified atom stereocenters. The summed E-state index contributed by atoms with van der Waals surface area (Å²) >= 11 is 0. The average molecular weight is 211 g/mol. The number of aliphatic hydroxyl groups is 1. The molecule has 1 atom stereocenters. The van der Waals surface area contributed by atoms with Gasteiger partial charge in [0.05, 0.1) is 19.8 Å². The van der Waals surface area contributed by atoms with Crippen LogP contribution in [-0.4, -0.2) is 49.0 Å². The van der Waals surface area contributed by atoms with Crippen molar-refractivity contribution in [3.63, 3.8) is 0 Å². The number of rotatable bonds is 4. The van der Waals surface area contributed by atoms with Crippen molar-refractivity contribution in [2.75, 3.05) is 32.9 Å². The third-order valence-electron chi connectivity index (χ3n) is 2.82. The van der Waals surface area contributed by atoms with E-state index in [4.69, 9.17) is 4.74 Å². The number of allylic oxidation sites excluding steroid dienone is 3. The Kier molecular flexibility index (Phi) is 5.61. The van der Waals surface area contributed by atoms with Crippen molar-refractivity contribution in [1.29, 1.82) is 0 Å². The highest BCUT2D eigenvalue weighted by Crippen LogP contribution is 2.12. The Hall–Kier alpha value is -0.640. The van der Waals surface area contributed by atoms with E-state index in [2.05, 4.69) is 11.8 Å². The summed E-state index contributed by atoms with van der Waals surface area (Å²) in [5.74, 6) is 0. The van der Waals surface area contributed by atoms with Gasteiger partial charge in [0, 0.05) is 19.1 Å². The minimum atomic E-state index is 0.128. The van der Waals surface area contributed by atoms with Gasteiger partial charge in [0.25, 0.3) is 0 Å². The molecule has 1 fully saturated rings. The SMILES string of the molecule is C/C=C\C=C(\CO)C(C)N1CCOCC1. The number of hydrogen-bond donors (Lipinski definition) is 1. The van der Waals surface area contributed by atoms with Gasteiger partial charge in [-0.15, -0.1) is 0 Å². The van der Waals surface area contributed by atoms with Gasteiger partial charge < -0.3 is 9.84 Å². The second-order valence-corrected chi connectivity index (χ2v) is 3.75. The fraction of sp³-hybridized carbons (Fsp3) is 0.667. The third-order valence-corrected chi connectivity index (χ3v) is 2.82. The molecule has 0 radical (unpaired) electrons. The van der Waals surface area contributed by atoms with Crippen LogP contribution in [0.5, 0.6) is 0 Å². The molecule has 0 amide bonds. The molecule has 86 valence electrons. The van der Waals surface area contributed by atoms with Crippen molar-refractivity contribution in [2.24, 2.45) is 0 Å². The second kappa shape index (κ2) is 6.77. The molecule has 1 aliphatic heterocycles. The molecular formula is C12H21NO2. The lowest BCUT2D eigenvalue weighted by molar-refractivity contribution is 0.0251. The summed E-state index contributed by atoms with van der Waals surface area (Å²) in [5, 5.41) is 9.29. The maximum absolute atomic E-state index is 9.29. The molecule has 1 saturated heterocycles. The van der Waals surface area contributed by atoms with Crippen molar-refractivity contribution in [3.8, 4) is 0 Å². The fourth-order valence-corrected chi connectivity index (χ4v) is 1.74. The Balaban J connectivity index is 2.58. The molecular weight excluding hydrogens is 190 g/mol. The minimum Gasteiger partial charge on any atom is -0.392 e. The maximum atomic E-state index is 9.29. The van der Waals surface area contributed by atoms with E-state index in [1.165, 1.54) is 0 Å². The highest BCUT2D eigenvalue weighted by Gasteiger charge is 2.19. The zero-order chi connectivity index (χ0) is 11.1. The Labute approximate surface area is 92.0 Å². The molecule has 0 aliphatic carbocycles. The summed E-state index contributed by atoms with van der Waals surface area (Å²) in [7, 11) is 0. The molecule has 0 aromatic heterocycles. The Morgan fingerprint density at radius 1 is 1.47 bits per heavy atom. The first-order valence-corrected chi connectivity index (χ1v) is 5.54. The monoisotopic (exact) mass is 211 g/mol. The van der Waals surface area contributed by atoms with Crippen LogP contribution in [0.4, 0.5) is 0 Å². The van der Waals surface area contributed by atoms with E-state index in [9.17, 15) is 5.11 Å². The minimum absolute atomic E-state index is 0.128. The zero-order valence-corrected chi connectivity index (χ0v) is 9.65. The lowest BCUT2D eigenvalue weighted by atomic mass is 10.1. The topological polar surface area (TPSA) is 32.7 Å². The molecule has 0 aromatic rings.